The van der Waals surface area contributed by atoms with E-state index in [4.69, 9.17) is 0 Å². The zero-order chi connectivity index (χ0) is 11.9. The van der Waals surface area contributed by atoms with Crippen molar-refractivity contribution in [3.63, 3.8) is 0 Å². The molecule has 0 radical (unpaired) electrons. The number of fused-ring (bicyclic) bond motifs is 1. The third-order valence-corrected chi connectivity index (χ3v) is 4.49. The molecule has 1 aromatic rings. The summed E-state index contributed by atoms with van der Waals surface area (Å²) in [7, 11) is -3.62. The zero-order valence-corrected chi connectivity index (χ0v) is 9.44. The summed E-state index contributed by atoms with van der Waals surface area (Å²) in [4.78, 5) is -0.283. The minimum Gasteiger partial charge on any atom is -0.381 e. The van der Waals surface area contributed by atoms with Crippen LogP contribution in [0.3, 0.4) is 0 Å². The quantitative estimate of drug-likeness (QED) is 0.760. The van der Waals surface area contributed by atoms with E-state index < -0.39 is 21.5 Å². The first-order valence-corrected chi connectivity index (χ1v) is 6.51. The predicted molar refractivity (Wildman–Crippen MR) is 56.1 cm³/mol. The maximum atomic E-state index is 13.4. The molecule has 1 heterocycles. The molecule has 0 aromatic heterocycles. The topological polar surface area (TPSA) is 46.2 Å². The first-order chi connectivity index (χ1) is 7.40. The van der Waals surface area contributed by atoms with Crippen LogP contribution in [-0.2, 0) is 9.84 Å². The molecule has 1 aromatic carbocycles. The molecule has 1 aliphatic rings. The van der Waals surface area contributed by atoms with Gasteiger partial charge in [-0.2, -0.15) is 0 Å². The Balaban J connectivity index is 2.68. The summed E-state index contributed by atoms with van der Waals surface area (Å²) in [5.41, 5.74) is -0.120. The second-order valence-corrected chi connectivity index (χ2v) is 6.03. The van der Waals surface area contributed by atoms with Crippen LogP contribution in [0.5, 0.6) is 0 Å². The molecule has 0 spiro atoms. The van der Waals surface area contributed by atoms with Crippen LogP contribution in [-0.4, -0.2) is 20.7 Å². The van der Waals surface area contributed by atoms with Gasteiger partial charge in [0, 0.05) is 12.6 Å². The van der Waals surface area contributed by atoms with Gasteiger partial charge in [-0.1, -0.05) is 6.92 Å². The lowest BCUT2D eigenvalue weighted by Crippen LogP contribution is -2.15. The molecule has 6 heteroatoms. The van der Waals surface area contributed by atoms with Crippen LogP contribution < -0.4 is 5.32 Å². The van der Waals surface area contributed by atoms with Crippen LogP contribution in [0.2, 0.25) is 0 Å². The Kier molecular flexibility index (Phi) is 2.61. The molecule has 1 aliphatic heterocycles. The molecule has 1 unspecified atom stereocenters. The summed E-state index contributed by atoms with van der Waals surface area (Å²) in [6, 6.07) is 1.54. The molecule has 1 atom stereocenters. The van der Waals surface area contributed by atoms with E-state index in [1.165, 1.54) is 0 Å². The van der Waals surface area contributed by atoms with E-state index >= 15 is 0 Å². The highest BCUT2D eigenvalue weighted by Gasteiger charge is 2.28. The monoisotopic (exact) mass is 247 g/mol. The van der Waals surface area contributed by atoms with Gasteiger partial charge in [0.2, 0.25) is 0 Å². The Morgan fingerprint density at radius 1 is 1.38 bits per heavy atom. The van der Waals surface area contributed by atoms with Gasteiger partial charge in [-0.15, -0.1) is 0 Å². The van der Waals surface area contributed by atoms with E-state index in [1.54, 1.807) is 6.92 Å². The molecule has 1 N–H and O–H groups in total. The normalized spacial score (nSPS) is 23.1. The molecular weight excluding hydrogens is 236 g/mol. The molecule has 16 heavy (non-hydrogen) atoms. The first-order valence-electron chi connectivity index (χ1n) is 4.86. The number of hydrogen-bond donors (Lipinski definition) is 1. The summed E-state index contributed by atoms with van der Waals surface area (Å²) < 4.78 is 50.1. The number of sulfone groups is 1. The second-order valence-electron chi connectivity index (χ2n) is 4.03. The van der Waals surface area contributed by atoms with E-state index in [1.807, 2.05) is 0 Å². The van der Waals surface area contributed by atoms with Crippen molar-refractivity contribution in [3.8, 4) is 0 Å². The highest BCUT2D eigenvalue weighted by Crippen LogP contribution is 2.30. The smallest absolute Gasteiger partial charge is 0.180 e. The number of benzene rings is 1. The average molecular weight is 247 g/mol. The molecule has 0 saturated carbocycles. The van der Waals surface area contributed by atoms with Gasteiger partial charge in [0.05, 0.1) is 16.3 Å². The lowest BCUT2D eigenvalue weighted by atomic mass is 10.2. The van der Waals surface area contributed by atoms with Crippen LogP contribution in [0.25, 0.3) is 0 Å². The molecule has 0 amide bonds. The minimum absolute atomic E-state index is 0.101. The van der Waals surface area contributed by atoms with Crippen molar-refractivity contribution in [2.24, 2.45) is 5.92 Å². The number of halogens is 2. The third-order valence-electron chi connectivity index (χ3n) is 2.49. The molecule has 0 fully saturated rings. The van der Waals surface area contributed by atoms with Gasteiger partial charge < -0.3 is 5.32 Å². The molecule has 0 bridgehead atoms. The first kappa shape index (κ1) is 11.3. The zero-order valence-electron chi connectivity index (χ0n) is 8.63. The number of hydrogen-bond acceptors (Lipinski definition) is 3. The van der Waals surface area contributed by atoms with E-state index in [-0.39, 0.29) is 22.3 Å². The van der Waals surface area contributed by atoms with Crippen molar-refractivity contribution < 1.29 is 17.2 Å². The SMILES string of the molecule is CC1CNc2c(F)cc(F)cc2S(=O)(=O)C1. The predicted octanol–water partition coefficient (Wildman–Crippen LogP) is 1.80. The lowest BCUT2D eigenvalue weighted by molar-refractivity contribution is 0.570. The lowest BCUT2D eigenvalue weighted by Gasteiger charge is -2.08. The highest BCUT2D eigenvalue weighted by atomic mass is 32.2. The fraction of sp³-hybridized carbons (Fsp3) is 0.400. The van der Waals surface area contributed by atoms with Gasteiger partial charge in [-0.25, -0.2) is 17.2 Å². The summed E-state index contributed by atoms with van der Waals surface area (Å²) in [6.07, 6.45) is 0. The van der Waals surface area contributed by atoms with Gasteiger partial charge in [0.25, 0.3) is 0 Å². The van der Waals surface area contributed by atoms with Crippen molar-refractivity contribution in [2.45, 2.75) is 11.8 Å². The standard InChI is InChI=1S/C10H11F2NO2S/c1-6-4-13-10-8(12)2-7(11)3-9(10)16(14,15)5-6/h2-3,6,13H,4-5H2,1H3. The van der Waals surface area contributed by atoms with Crippen LogP contribution in [0, 0.1) is 17.6 Å². The van der Waals surface area contributed by atoms with E-state index in [0.717, 1.165) is 6.07 Å². The maximum Gasteiger partial charge on any atom is 0.180 e. The Morgan fingerprint density at radius 2 is 2.06 bits per heavy atom. The van der Waals surface area contributed by atoms with Crippen molar-refractivity contribution in [2.75, 3.05) is 17.6 Å². The van der Waals surface area contributed by atoms with Gasteiger partial charge in [-0.05, 0) is 12.0 Å². The number of anilines is 1. The molecular formula is C10H11F2NO2S. The van der Waals surface area contributed by atoms with Crippen molar-refractivity contribution in [1.29, 1.82) is 0 Å². The minimum atomic E-state index is -3.62. The Morgan fingerprint density at radius 3 is 2.75 bits per heavy atom. The van der Waals surface area contributed by atoms with Crippen LogP contribution in [0.1, 0.15) is 6.92 Å². The van der Waals surface area contributed by atoms with Gasteiger partial charge in [-0.3, -0.25) is 0 Å². The van der Waals surface area contributed by atoms with Gasteiger partial charge >= 0.3 is 0 Å². The fourth-order valence-corrected chi connectivity index (χ4v) is 3.59. The highest BCUT2D eigenvalue weighted by molar-refractivity contribution is 7.91. The van der Waals surface area contributed by atoms with E-state index in [9.17, 15) is 17.2 Å². The van der Waals surface area contributed by atoms with Gasteiger partial charge in [0.1, 0.15) is 5.82 Å². The van der Waals surface area contributed by atoms with Crippen LogP contribution in [0.15, 0.2) is 17.0 Å². The third kappa shape index (κ3) is 1.89. The summed E-state index contributed by atoms with van der Waals surface area (Å²) >= 11 is 0. The largest absolute Gasteiger partial charge is 0.381 e. The van der Waals surface area contributed by atoms with Crippen LogP contribution in [0.4, 0.5) is 14.5 Å². The van der Waals surface area contributed by atoms with Gasteiger partial charge in [0.15, 0.2) is 15.7 Å². The van der Waals surface area contributed by atoms with E-state index in [0.29, 0.717) is 12.6 Å². The summed E-state index contributed by atoms with van der Waals surface area (Å²) in [5, 5.41) is 2.71. The molecule has 2 rings (SSSR count). The maximum absolute atomic E-state index is 13.4. The summed E-state index contributed by atoms with van der Waals surface area (Å²) in [5.74, 6) is -1.99. The molecule has 3 nitrogen and oxygen atoms in total. The molecule has 88 valence electrons. The number of nitrogens with one attached hydrogen (secondary N) is 1. The fourth-order valence-electron chi connectivity index (χ4n) is 1.77. The number of rotatable bonds is 0. The second kappa shape index (κ2) is 3.69. The van der Waals surface area contributed by atoms with Crippen LogP contribution >= 0.6 is 0 Å². The van der Waals surface area contributed by atoms with E-state index in [2.05, 4.69) is 5.32 Å². The Hall–Kier alpha value is -1.17. The van der Waals surface area contributed by atoms with Crippen molar-refractivity contribution in [3.05, 3.63) is 23.8 Å². The molecule has 0 saturated heterocycles. The Bertz CT molecular complexity index is 528. The van der Waals surface area contributed by atoms with Crippen molar-refractivity contribution >= 4 is 15.5 Å². The molecule has 0 aliphatic carbocycles. The summed E-state index contributed by atoms with van der Waals surface area (Å²) in [6.45, 7) is 2.10. The average Bonchev–Trinajstić information content (AvgIpc) is 2.23. The van der Waals surface area contributed by atoms with Crippen molar-refractivity contribution in [1.82, 2.24) is 0 Å². The Labute approximate surface area is 92.4 Å².